The van der Waals surface area contributed by atoms with Crippen molar-refractivity contribution < 1.29 is 4.79 Å². The van der Waals surface area contributed by atoms with Crippen LogP contribution in [0.1, 0.15) is 71.1 Å². The van der Waals surface area contributed by atoms with E-state index in [-0.39, 0.29) is 0 Å². The summed E-state index contributed by atoms with van der Waals surface area (Å²) in [4.78, 5) is 10.7. The molecule has 94 valence electrons. The van der Waals surface area contributed by atoms with Crippen molar-refractivity contribution in [1.29, 1.82) is 0 Å². The topological polar surface area (TPSA) is 17.1 Å². The van der Waals surface area contributed by atoms with Gasteiger partial charge in [0.05, 0.1) is 4.32 Å². The molecule has 0 fully saturated rings. The van der Waals surface area contributed by atoms with Gasteiger partial charge < -0.3 is 4.79 Å². The van der Waals surface area contributed by atoms with Crippen LogP contribution < -0.4 is 0 Å². The zero-order valence-electron chi connectivity index (χ0n) is 10.3. The van der Waals surface area contributed by atoms with E-state index in [1.54, 1.807) is 6.92 Å². The molecule has 0 amide bonds. The monoisotopic (exact) mass is 262 g/mol. The van der Waals surface area contributed by atoms with Gasteiger partial charge in [0.1, 0.15) is 5.78 Å². The van der Waals surface area contributed by atoms with Crippen molar-refractivity contribution in [3.05, 3.63) is 0 Å². The Morgan fingerprint density at radius 1 is 0.875 bits per heavy atom. The van der Waals surface area contributed by atoms with Crippen LogP contribution in [0.4, 0.5) is 0 Å². The first-order chi connectivity index (χ1) is 7.63. The summed E-state index contributed by atoms with van der Waals surface area (Å²) in [6, 6.07) is 0. The van der Waals surface area contributed by atoms with Crippen molar-refractivity contribution in [2.45, 2.75) is 71.1 Å². The lowest BCUT2D eigenvalue weighted by Gasteiger charge is -2.01. The van der Waals surface area contributed by atoms with E-state index in [2.05, 4.69) is 0 Å². The Bertz CT molecular complexity index is 182. The van der Waals surface area contributed by atoms with Gasteiger partial charge in [-0.15, -0.1) is 0 Å². The summed E-state index contributed by atoms with van der Waals surface area (Å²) in [7, 11) is 0. The third kappa shape index (κ3) is 14.1. The molecule has 0 aliphatic rings. The van der Waals surface area contributed by atoms with E-state index in [9.17, 15) is 4.79 Å². The number of rotatable bonds is 11. The highest BCUT2D eigenvalue weighted by atomic mass is 35.5. The fourth-order valence-electron chi connectivity index (χ4n) is 1.70. The van der Waals surface area contributed by atoms with Crippen molar-refractivity contribution >= 4 is 33.9 Å². The molecule has 0 saturated carbocycles. The Hall–Kier alpha value is 0.0500. The van der Waals surface area contributed by atoms with Crippen LogP contribution in [0.25, 0.3) is 0 Å². The van der Waals surface area contributed by atoms with Gasteiger partial charge in [-0.3, -0.25) is 0 Å². The molecule has 16 heavy (non-hydrogen) atoms. The van der Waals surface area contributed by atoms with Crippen LogP contribution in [0.5, 0.6) is 0 Å². The van der Waals surface area contributed by atoms with Gasteiger partial charge in [-0.25, -0.2) is 0 Å². The Balaban J connectivity index is 2.98. The van der Waals surface area contributed by atoms with Gasteiger partial charge in [0.2, 0.25) is 0 Å². The number of Topliss-reactive ketones (excluding diaryl/α,β-unsaturated/α-hetero) is 1. The Morgan fingerprint density at radius 3 is 1.62 bits per heavy atom. The van der Waals surface area contributed by atoms with Gasteiger partial charge in [0, 0.05) is 6.42 Å². The Morgan fingerprint density at radius 2 is 1.25 bits per heavy atom. The molecule has 0 unspecified atom stereocenters. The molecule has 0 heterocycles. The highest BCUT2D eigenvalue weighted by molar-refractivity contribution is 7.83. The Kier molecular flexibility index (Phi) is 11.6. The Labute approximate surface area is 110 Å². The fraction of sp³-hybridized carbons (Fsp3) is 0.846. The van der Waals surface area contributed by atoms with Crippen LogP contribution in [0.15, 0.2) is 0 Å². The lowest BCUT2D eigenvalue weighted by molar-refractivity contribution is -0.117. The van der Waals surface area contributed by atoms with Crippen molar-refractivity contribution in [1.82, 2.24) is 0 Å². The van der Waals surface area contributed by atoms with Gasteiger partial charge in [-0.2, -0.15) is 0 Å². The van der Waals surface area contributed by atoms with Crippen LogP contribution in [0.3, 0.4) is 0 Å². The molecule has 0 aromatic heterocycles. The summed E-state index contributed by atoms with van der Waals surface area (Å²) < 4.78 is 0.615. The zero-order valence-corrected chi connectivity index (χ0v) is 11.8. The van der Waals surface area contributed by atoms with Gasteiger partial charge in [0.15, 0.2) is 0 Å². The number of hydrogen-bond acceptors (Lipinski definition) is 2. The first kappa shape index (κ1) is 16.1. The predicted octanol–water partition coefficient (Wildman–Crippen LogP) is 5.04. The smallest absolute Gasteiger partial charge is 0.129 e. The average molecular weight is 263 g/mol. The zero-order chi connectivity index (χ0) is 12.2. The third-order valence-corrected chi connectivity index (χ3v) is 3.05. The fourth-order valence-corrected chi connectivity index (χ4v) is 1.98. The summed E-state index contributed by atoms with van der Waals surface area (Å²) in [5.74, 6) is 0.317. The van der Waals surface area contributed by atoms with Gasteiger partial charge in [-0.05, 0) is 26.2 Å². The maximum atomic E-state index is 10.7. The maximum absolute atomic E-state index is 10.7. The number of ketones is 1. The average Bonchev–Trinajstić information content (AvgIpc) is 2.20. The molecule has 0 rings (SSSR count). The lowest BCUT2D eigenvalue weighted by Crippen LogP contribution is -1.89. The van der Waals surface area contributed by atoms with E-state index in [4.69, 9.17) is 23.8 Å². The van der Waals surface area contributed by atoms with E-state index < -0.39 is 0 Å². The molecule has 1 nitrogen and oxygen atoms in total. The molecule has 0 N–H and O–H groups in total. The van der Waals surface area contributed by atoms with Crippen molar-refractivity contribution in [2.75, 3.05) is 0 Å². The summed E-state index contributed by atoms with van der Waals surface area (Å²) >= 11 is 10.4. The second-order valence-corrected chi connectivity index (χ2v) is 5.56. The molecule has 0 aliphatic carbocycles. The summed E-state index contributed by atoms with van der Waals surface area (Å²) in [5.41, 5.74) is 0. The molecule has 0 spiro atoms. The van der Waals surface area contributed by atoms with Crippen LogP contribution in [0.2, 0.25) is 0 Å². The standard InChI is InChI=1S/C13H23ClOS/c1-12(15)10-8-6-4-2-3-5-7-9-11-13(14)16/h2-11H2,1H3. The molecule has 0 saturated heterocycles. The molecular formula is C13H23ClOS. The SMILES string of the molecule is CC(=O)CCCCCCCCCCC(=S)Cl. The minimum absolute atomic E-state index is 0.317. The molecule has 3 heteroatoms. The van der Waals surface area contributed by atoms with Crippen LogP contribution >= 0.6 is 23.8 Å². The van der Waals surface area contributed by atoms with Gasteiger partial charge >= 0.3 is 0 Å². The number of carbonyl (C=O) groups is 1. The number of carbonyl (C=O) groups excluding carboxylic acids is 1. The number of hydrogen-bond donors (Lipinski definition) is 0. The van der Waals surface area contributed by atoms with Crippen molar-refractivity contribution in [2.24, 2.45) is 0 Å². The van der Waals surface area contributed by atoms with Crippen LogP contribution in [-0.2, 0) is 4.79 Å². The van der Waals surface area contributed by atoms with Crippen molar-refractivity contribution in [3.8, 4) is 0 Å². The van der Waals surface area contributed by atoms with E-state index in [0.717, 1.165) is 25.7 Å². The molecule has 0 aromatic carbocycles. The second-order valence-electron chi connectivity index (χ2n) is 4.39. The van der Waals surface area contributed by atoms with E-state index in [0.29, 0.717) is 10.1 Å². The molecule has 0 bridgehead atoms. The maximum Gasteiger partial charge on any atom is 0.129 e. The minimum Gasteiger partial charge on any atom is -0.300 e. The quantitative estimate of drug-likeness (QED) is 0.295. The van der Waals surface area contributed by atoms with Gasteiger partial charge in [-0.1, -0.05) is 62.3 Å². The highest BCUT2D eigenvalue weighted by Crippen LogP contribution is 2.11. The molecular weight excluding hydrogens is 240 g/mol. The molecule has 0 aromatic rings. The first-order valence-electron chi connectivity index (χ1n) is 6.30. The second kappa shape index (κ2) is 11.5. The molecule has 0 atom stereocenters. The van der Waals surface area contributed by atoms with Crippen molar-refractivity contribution in [3.63, 3.8) is 0 Å². The van der Waals surface area contributed by atoms with E-state index >= 15 is 0 Å². The summed E-state index contributed by atoms with van der Waals surface area (Å²) in [6.07, 6.45) is 11.4. The van der Waals surface area contributed by atoms with E-state index in [1.165, 1.54) is 38.5 Å². The van der Waals surface area contributed by atoms with E-state index in [1.807, 2.05) is 0 Å². The molecule has 0 aliphatic heterocycles. The summed E-state index contributed by atoms with van der Waals surface area (Å²) in [6.45, 7) is 1.67. The van der Waals surface area contributed by atoms with Crippen LogP contribution in [-0.4, -0.2) is 10.1 Å². The number of thiocarbonyl (C=S) groups is 1. The molecule has 0 radical (unpaired) electrons. The lowest BCUT2D eigenvalue weighted by atomic mass is 10.1. The largest absolute Gasteiger partial charge is 0.300 e. The van der Waals surface area contributed by atoms with Gasteiger partial charge in [0.25, 0.3) is 0 Å². The third-order valence-electron chi connectivity index (χ3n) is 2.65. The predicted molar refractivity (Wildman–Crippen MR) is 75.3 cm³/mol. The van der Waals surface area contributed by atoms with Crippen LogP contribution in [0, 0.1) is 0 Å². The highest BCUT2D eigenvalue weighted by Gasteiger charge is 1.95. The normalized spacial score (nSPS) is 10.4. The number of halogens is 1. The summed E-state index contributed by atoms with van der Waals surface area (Å²) in [5, 5.41) is 0. The number of unbranched alkanes of at least 4 members (excludes halogenated alkanes) is 7. The first-order valence-corrected chi connectivity index (χ1v) is 7.09. The minimum atomic E-state index is 0.317.